The van der Waals surface area contributed by atoms with Crippen LogP contribution in [-0.2, 0) is 25.4 Å². The van der Waals surface area contributed by atoms with E-state index >= 15 is 0 Å². The number of ether oxygens (including phenoxy) is 2. The molecule has 1 N–H and O–H groups in total. The number of thiophene rings is 1. The molecule has 8 heteroatoms. The van der Waals surface area contributed by atoms with Gasteiger partial charge in [0.15, 0.2) is 0 Å². The van der Waals surface area contributed by atoms with Gasteiger partial charge in [0.05, 0.1) is 18.6 Å². The van der Waals surface area contributed by atoms with Crippen molar-refractivity contribution >= 4 is 33.0 Å². The summed E-state index contributed by atoms with van der Waals surface area (Å²) in [5, 5.41) is 0. The van der Waals surface area contributed by atoms with E-state index in [0.29, 0.717) is 12.5 Å². The Balaban J connectivity index is 2.64. The van der Waals surface area contributed by atoms with Crippen LogP contribution >= 0.6 is 22.9 Å². The number of alkyl halides is 1. The Kier molecular flexibility index (Phi) is 6.54. The predicted octanol–water partition coefficient (Wildman–Crippen LogP) is 1.43. The first-order valence-corrected chi connectivity index (χ1v) is 8.03. The third kappa shape index (κ3) is 4.49. The molecule has 0 spiro atoms. The molecule has 18 heavy (non-hydrogen) atoms. The largest absolute Gasteiger partial charge is 0.382 e. The fraction of sp³-hybridized carbons (Fsp3) is 0.600. The van der Waals surface area contributed by atoms with Crippen LogP contribution in [0.3, 0.4) is 0 Å². The van der Waals surface area contributed by atoms with E-state index in [2.05, 4.69) is 4.72 Å². The monoisotopic (exact) mass is 313 g/mol. The van der Waals surface area contributed by atoms with Gasteiger partial charge >= 0.3 is 0 Å². The van der Waals surface area contributed by atoms with Crippen LogP contribution in [-0.4, -0.2) is 41.9 Å². The van der Waals surface area contributed by atoms with Crippen molar-refractivity contribution in [1.82, 2.24) is 4.72 Å². The first kappa shape index (κ1) is 15.9. The molecule has 0 aliphatic carbocycles. The first-order valence-electron chi connectivity index (χ1n) is 5.19. The summed E-state index contributed by atoms with van der Waals surface area (Å²) >= 11 is 6.80. The average molecular weight is 314 g/mol. The maximum atomic E-state index is 11.9. The molecule has 0 aliphatic heterocycles. The predicted molar refractivity (Wildman–Crippen MR) is 71.7 cm³/mol. The Morgan fingerprint density at radius 1 is 1.44 bits per heavy atom. The van der Waals surface area contributed by atoms with Gasteiger partial charge in [0, 0.05) is 25.6 Å². The molecule has 1 aromatic rings. The standard InChI is InChI=1S/C10H16ClNO4S2/c1-15-7-8(16-2)6-12-18(13,14)10-4-3-9(5-11)17-10/h3-4,8,12H,5-7H2,1-2H3. The molecule has 0 aromatic carbocycles. The number of nitrogens with one attached hydrogen (secondary N) is 1. The third-order valence-corrected chi connectivity index (χ3v) is 5.67. The maximum Gasteiger partial charge on any atom is 0.250 e. The number of rotatable bonds is 8. The van der Waals surface area contributed by atoms with Crippen LogP contribution in [0, 0.1) is 0 Å². The topological polar surface area (TPSA) is 64.6 Å². The highest BCUT2D eigenvalue weighted by Crippen LogP contribution is 2.22. The molecule has 1 unspecified atom stereocenters. The summed E-state index contributed by atoms with van der Waals surface area (Å²) in [6.07, 6.45) is -0.308. The molecule has 0 radical (unpaired) electrons. The smallest absolute Gasteiger partial charge is 0.250 e. The summed E-state index contributed by atoms with van der Waals surface area (Å²) in [4.78, 5) is 0.817. The summed E-state index contributed by atoms with van der Waals surface area (Å²) < 4.78 is 36.6. The van der Waals surface area contributed by atoms with Crippen molar-refractivity contribution in [2.24, 2.45) is 0 Å². The SMILES string of the molecule is COCC(CNS(=O)(=O)c1ccc(CCl)s1)OC. The van der Waals surface area contributed by atoms with Crippen LogP contribution in [0.25, 0.3) is 0 Å². The van der Waals surface area contributed by atoms with Gasteiger partial charge in [0.25, 0.3) is 0 Å². The Hall–Kier alpha value is -0.180. The van der Waals surface area contributed by atoms with Gasteiger partial charge < -0.3 is 9.47 Å². The van der Waals surface area contributed by atoms with Gasteiger partial charge in [0.1, 0.15) is 4.21 Å². The maximum absolute atomic E-state index is 11.9. The Bertz CT molecular complexity index is 460. The van der Waals surface area contributed by atoms with Crippen molar-refractivity contribution in [2.45, 2.75) is 16.2 Å². The van der Waals surface area contributed by atoms with E-state index in [0.717, 1.165) is 16.2 Å². The number of halogens is 1. The lowest BCUT2D eigenvalue weighted by atomic mass is 10.4. The summed E-state index contributed by atoms with van der Waals surface area (Å²) in [6, 6.07) is 3.25. The zero-order valence-electron chi connectivity index (χ0n) is 10.2. The second-order valence-electron chi connectivity index (χ2n) is 3.52. The second kappa shape index (κ2) is 7.42. The Labute approximate surface area is 116 Å². The fourth-order valence-corrected chi connectivity index (χ4v) is 3.81. The lowest BCUT2D eigenvalue weighted by Gasteiger charge is -2.14. The van der Waals surface area contributed by atoms with Crippen molar-refractivity contribution in [3.63, 3.8) is 0 Å². The van der Waals surface area contributed by atoms with Gasteiger partial charge in [-0.3, -0.25) is 0 Å². The zero-order chi connectivity index (χ0) is 13.6. The van der Waals surface area contributed by atoms with Crippen molar-refractivity contribution in [2.75, 3.05) is 27.4 Å². The molecule has 1 rings (SSSR count). The normalized spacial score (nSPS) is 13.7. The highest BCUT2D eigenvalue weighted by atomic mass is 35.5. The highest BCUT2D eigenvalue weighted by molar-refractivity contribution is 7.91. The molecule has 0 aliphatic rings. The third-order valence-electron chi connectivity index (χ3n) is 2.22. The number of sulfonamides is 1. The Morgan fingerprint density at radius 3 is 2.67 bits per heavy atom. The molecule has 5 nitrogen and oxygen atoms in total. The molecule has 0 fully saturated rings. The number of hydrogen-bond donors (Lipinski definition) is 1. The molecular formula is C10H16ClNO4S2. The molecule has 0 amide bonds. The number of hydrogen-bond acceptors (Lipinski definition) is 5. The van der Waals surface area contributed by atoms with Crippen molar-refractivity contribution in [3.8, 4) is 0 Å². The van der Waals surface area contributed by atoms with Crippen LogP contribution in [0.2, 0.25) is 0 Å². The molecule has 1 aromatic heterocycles. The van der Waals surface area contributed by atoms with Crippen LogP contribution < -0.4 is 4.72 Å². The molecule has 104 valence electrons. The van der Waals surface area contributed by atoms with Gasteiger partial charge in [-0.2, -0.15) is 0 Å². The van der Waals surface area contributed by atoms with Gasteiger partial charge in [-0.05, 0) is 12.1 Å². The van der Waals surface area contributed by atoms with Crippen LogP contribution in [0.5, 0.6) is 0 Å². The molecule has 0 bridgehead atoms. The van der Waals surface area contributed by atoms with E-state index in [9.17, 15) is 8.42 Å². The van der Waals surface area contributed by atoms with Crippen molar-refractivity contribution in [1.29, 1.82) is 0 Å². The second-order valence-corrected chi connectivity index (χ2v) is 6.95. The van der Waals surface area contributed by atoms with Gasteiger partial charge in [-0.1, -0.05) is 0 Å². The van der Waals surface area contributed by atoms with E-state index in [1.54, 1.807) is 12.1 Å². The first-order chi connectivity index (χ1) is 8.53. The fourth-order valence-electron chi connectivity index (χ4n) is 1.24. The summed E-state index contributed by atoms with van der Waals surface area (Å²) in [7, 11) is -0.456. The van der Waals surface area contributed by atoms with E-state index in [-0.39, 0.29) is 16.9 Å². The lowest BCUT2D eigenvalue weighted by molar-refractivity contribution is 0.0320. The Morgan fingerprint density at radius 2 is 2.17 bits per heavy atom. The van der Waals surface area contributed by atoms with Gasteiger partial charge in [0.2, 0.25) is 10.0 Å². The summed E-state index contributed by atoms with van der Waals surface area (Å²) in [5.41, 5.74) is 0. The summed E-state index contributed by atoms with van der Waals surface area (Å²) in [6.45, 7) is 0.497. The highest BCUT2D eigenvalue weighted by Gasteiger charge is 2.18. The van der Waals surface area contributed by atoms with E-state index in [1.807, 2.05) is 0 Å². The molecule has 1 heterocycles. The van der Waals surface area contributed by atoms with Crippen molar-refractivity contribution in [3.05, 3.63) is 17.0 Å². The minimum atomic E-state index is -3.50. The van der Waals surface area contributed by atoms with E-state index in [4.69, 9.17) is 21.1 Å². The van der Waals surface area contributed by atoms with Crippen LogP contribution in [0.4, 0.5) is 0 Å². The molecule has 1 atom stereocenters. The number of methoxy groups -OCH3 is 2. The quantitative estimate of drug-likeness (QED) is 0.737. The van der Waals surface area contributed by atoms with E-state index in [1.165, 1.54) is 14.2 Å². The molecule has 0 saturated heterocycles. The molecule has 0 saturated carbocycles. The van der Waals surface area contributed by atoms with E-state index < -0.39 is 10.0 Å². The van der Waals surface area contributed by atoms with Crippen LogP contribution in [0.1, 0.15) is 4.88 Å². The molecular weight excluding hydrogens is 298 g/mol. The van der Waals surface area contributed by atoms with Crippen molar-refractivity contribution < 1.29 is 17.9 Å². The lowest BCUT2D eigenvalue weighted by Crippen LogP contribution is -2.35. The minimum absolute atomic E-state index is 0.167. The average Bonchev–Trinajstić information content (AvgIpc) is 2.84. The van der Waals surface area contributed by atoms with Gasteiger partial charge in [-0.15, -0.1) is 22.9 Å². The van der Waals surface area contributed by atoms with Crippen LogP contribution in [0.15, 0.2) is 16.3 Å². The zero-order valence-corrected chi connectivity index (χ0v) is 12.6. The van der Waals surface area contributed by atoms with Gasteiger partial charge in [-0.25, -0.2) is 13.1 Å². The summed E-state index contributed by atoms with van der Waals surface area (Å²) in [5.74, 6) is 0.310. The minimum Gasteiger partial charge on any atom is -0.382 e.